The highest BCUT2D eigenvalue weighted by Crippen LogP contribution is 2.50. The van der Waals surface area contributed by atoms with Gasteiger partial charge >= 0.3 is 12.4 Å². The summed E-state index contributed by atoms with van der Waals surface area (Å²) in [6.07, 6.45) is -11.3. The number of ether oxygens (including phenoxy) is 1. The third kappa shape index (κ3) is 3.26. The van der Waals surface area contributed by atoms with Crippen LogP contribution in [-0.4, -0.2) is 30.9 Å². The zero-order valence-corrected chi connectivity index (χ0v) is 13.2. The van der Waals surface area contributed by atoms with Gasteiger partial charge < -0.3 is 9.84 Å². The molecule has 2 aromatic rings. The van der Waals surface area contributed by atoms with Crippen LogP contribution in [0.15, 0.2) is 42.5 Å². The monoisotopic (exact) mass is 378 g/mol. The minimum atomic E-state index is -5.95. The highest BCUT2D eigenvalue weighted by molar-refractivity contribution is 5.80. The number of halogens is 6. The molecule has 3 nitrogen and oxygen atoms in total. The van der Waals surface area contributed by atoms with Crippen molar-refractivity contribution in [3.05, 3.63) is 53.6 Å². The standard InChI is InChI=1S/C17H12F6O3/c1-26-14-8-10(9-24)2-7-13(14)11-3-5-12(6-4-11)15(25,16(18,19)20)17(21,22)23/h2-9,25H,1H3. The van der Waals surface area contributed by atoms with E-state index in [1.807, 2.05) is 0 Å². The second-order valence-electron chi connectivity index (χ2n) is 5.36. The molecule has 0 saturated carbocycles. The lowest BCUT2D eigenvalue weighted by molar-refractivity contribution is -0.376. The van der Waals surface area contributed by atoms with Crippen molar-refractivity contribution < 1.29 is 41.0 Å². The quantitative estimate of drug-likeness (QED) is 0.630. The van der Waals surface area contributed by atoms with Crippen LogP contribution in [0.1, 0.15) is 15.9 Å². The summed E-state index contributed by atoms with van der Waals surface area (Å²) >= 11 is 0. The second-order valence-corrected chi connectivity index (χ2v) is 5.36. The Labute approximate surface area is 143 Å². The van der Waals surface area contributed by atoms with Gasteiger partial charge in [0.15, 0.2) is 0 Å². The Morgan fingerprint density at radius 3 is 1.88 bits per heavy atom. The molecule has 140 valence electrons. The van der Waals surface area contributed by atoms with E-state index >= 15 is 0 Å². The molecule has 0 aromatic heterocycles. The van der Waals surface area contributed by atoms with Gasteiger partial charge in [0.1, 0.15) is 12.0 Å². The average molecular weight is 378 g/mol. The van der Waals surface area contributed by atoms with E-state index in [0.717, 1.165) is 12.1 Å². The third-order valence-electron chi connectivity index (χ3n) is 3.80. The summed E-state index contributed by atoms with van der Waals surface area (Å²) in [7, 11) is 1.30. The second kappa shape index (κ2) is 6.64. The zero-order valence-electron chi connectivity index (χ0n) is 13.2. The first-order valence-electron chi connectivity index (χ1n) is 7.05. The van der Waals surface area contributed by atoms with Crippen LogP contribution in [0.2, 0.25) is 0 Å². The number of hydrogen-bond donors (Lipinski definition) is 1. The number of methoxy groups -OCH3 is 1. The highest BCUT2D eigenvalue weighted by Gasteiger charge is 2.71. The van der Waals surface area contributed by atoms with Gasteiger partial charge in [-0.25, -0.2) is 0 Å². The van der Waals surface area contributed by atoms with Crippen molar-refractivity contribution in [1.82, 2.24) is 0 Å². The van der Waals surface area contributed by atoms with E-state index in [-0.39, 0.29) is 16.9 Å². The van der Waals surface area contributed by atoms with Crippen molar-refractivity contribution in [1.29, 1.82) is 0 Å². The third-order valence-corrected chi connectivity index (χ3v) is 3.80. The summed E-state index contributed by atoms with van der Waals surface area (Å²) in [6.45, 7) is 0. The fraction of sp³-hybridized carbons (Fsp3) is 0.235. The lowest BCUT2D eigenvalue weighted by Crippen LogP contribution is -2.53. The van der Waals surface area contributed by atoms with Gasteiger partial charge in [-0.2, -0.15) is 26.3 Å². The van der Waals surface area contributed by atoms with Crippen LogP contribution in [0.5, 0.6) is 5.75 Å². The van der Waals surface area contributed by atoms with Gasteiger partial charge in [0.2, 0.25) is 0 Å². The molecule has 0 unspecified atom stereocenters. The molecule has 2 aromatic carbocycles. The van der Waals surface area contributed by atoms with Gasteiger partial charge in [-0.15, -0.1) is 0 Å². The average Bonchev–Trinajstić information content (AvgIpc) is 2.58. The maximum absolute atomic E-state index is 12.9. The lowest BCUT2D eigenvalue weighted by Gasteiger charge is -2.32. The maximum atomic E-state index is 12.9. The number of rotatable bonds is 4. The summed E-state index contributed by atoms with van der Waals surface area (Å²) in [5.74, 6) is 0.212. The zero-order chi connectivity index (χ0) is 19.8. The SMILES string of the molecule is COc1cc(C=O)ccc1-c1ccc(C(O)(C(F)(F)F)C(F)(F)F)cc1. The van der Waals surface area contributed by atoms with Gasteiger partial charge in [-0.05, 0) is 17.7 Å². The van der Waals surface area contributed by atoms with E-state index in [2.05, 4.69) is 0 Å². The minimum Gasteiger partial charge on any atom is -0.496 e. The van der Waals surface area contributed by atoms with Crippen LogP contribution >= 0.6 is 0 Å². The minimum absolute atomic E-state index is 0.212. The molecule has 0 heterocycles. The van der Waals surface area contributed by atoms with Gasteiger partial charge in [0.25, 0.3) is 5.60 Å². The molecule has 26 heavy (non-hydrogen) atoms. The van der Waals surface area contributed by atoms with Gasteiger partial charge in [-0.1, -0.05) is 30.3 Å². The lowest BCUT2D eigenvalue weighted by atomic mass is 9.90. The summed E-state index contributed by atoms with van der Waals surface area (Å²) in [5.41, 5.74) is -5.46. The predicted molar refractivity (Wildman–Crippen MR) is 79.8 cm³/mol. The maximum Gasteiger partial charge on any atom is 0.430 e. The summed E-state index contributed by atoms with van der Waals surface area (Å²) in [4.78, 5) is 10.8. The smallest absolute Gasteiger partial charge is 0.430 e. The molecule has 0 spiro atoms. The van der Waals surface area contributed by atoms with E-state index in [1.165, 1.54) is 25.3 Å². The molecule has 0 saturated heterocycles. The molecule has 0 fully saturated rings. The normalized spacial score (nSPS) is 12.8. The van der Waals surface area contributed by atoms with Crippen molar-refractivity contribution in [3.8, 4) is 16.9 Å². The number of carbonyl (C=O) groups excluding carboxylic acids is 1. The number of hydrogen-bond acceptors (Lipinski definition) is 3. The van der Waals surface area contributed by atoms with Gasteiger partial charge in [0.05, 0.1) is 7.11 Å². The predicted octanol–water partition coefficient (Wildman–Crippen LogP) is 4.49. The van der Waals surface area contributed by atoms with E-state index in [4.69, 9.17) is 4.74 Å². The Bertz CT molecular complexity index is 780. The molecule has 2 rings (SSSR count). The Hall–Kier alpha value is -2.55. The molecule has 0 aliphatic heterocycles. The first-order valence-corrected chi connectivity index (χ1v) is 7.05. The van der Waals surface area contributed by atoms with Crippen molar-refractivity contribution in [2.45, 2.75) is 18.0 Å². The number of aldehydes is 1. The number of carbonyl (C=O) groups is 1. The van der Waals surface area contributed by atoms with E-state index < -0.39 is 23.5 Å². The highest BCUT2D eigenvalue weighted by atomic mass is 19.4. The fourth-order valence-electron chi connectivity index (χ4n) is 2.40. The molecule has 0 aliphatic rings. The molecular formula is C17H12F6O3. The molecule has 0 amide bonds. The Kier molecular flexibility index (Phi) is 5.05. The Morgan fingerprint density at radius 1 is 0.923 bits per heavy atom. The molecule has 9 heteroatoms. The summed E-state index contributed by atoms with van der Waals surface area (Å²) < 4.78 is 82.4. The fourth-order valence-corrected chi connectivity index (χ4v) is 2.40. The van der Waals surface area contributed by atoms with Crippen molar-refractivity contribution >= 4 is 6.29 Å². The van der Waals surface area contributed by atoms with Crippen LogP contribution in [0, 0.1) is 0 Å². The number of benzene rings is 2. The topological polar surface area (TPSA) is 46.5 Å². The summed E-state index contributed by atoms with van der Waals surface area (Å²) in [6, 6.07) is 7.31. The largest absolute Gasteiger partial charge is 0.496 e. The summed E-state index contributed by atoms with van der Waals surface area (Å²) in [5, 5.41) is 9.37. The van der Waals surface area contributed by atoms with Crippen molar-refractivity contribution in [3.63, 3.8) is 0 Å². The van der Waals surface area contributed by atoms with Crippen LogP contribution in [0.3, 0.4) is 0 Å². The van der Waals surface area contributed by atoms with Gasteiger partial charge in [-0.3, -0.25) is 4.79 Å². The van der Waals surface area contributed by atoms with Gasteiger partial charge in [0, 0.05) is 16.7 Å². The molecule has 0 bridgehead atoms. The van der Waals surface area contributed by atoms with Crippen LogP contribution in [-0.2, 0) is 5.60 Å². The molecule has 0 radical (unpaired) electrons. The molecule has 0 aliphatic carbocycles. The van der Waals surface area contributed by atoms with Crippen LogP contribution < -0.4 is 4.74 Å². The van der Waals surface area contributed by atoms with Crippen molar-refractivity contribution in [2.75, 3.05) is 7.11 Å². The Balaban J connectivity index is 2.53. The first-order chi connectivity index (χ1) is 12.0. The Morgan fingerprint density at radius 2 is 1.46 bits per heavy atom. The molecule has 1 N–H and O–H groups in total. The number of alkyl halides is 6. The van der Waals surface area contributed by atoms with Crippen LogP contribution in [0.4, 0.5) is 26.3 Å². The van der Waals surface area contributed by atoms with Crippen molar-refractivity contribution in [2.24, 2.45) is 0 Å². The molecular weight excluding hydrogens is 366 g/mol. The van der Waals surface area contributed by atoms with E-state index in [0.29, 0.717) is 24.0 Å². The first kappa shape index (κ1) is 19.8. The molecule has 0 atom stereocenters. The van der Waals surface area contributed by atoms with E-state index in [9.17, 15) is 36.2 Å². The number of aliphatic hydroxyl groups is 1. The van der Waals surface area contributed by atoms with Crippen LogP contribution in [0.25, 0.3) is 11.1 Å². The van der Waals surface area contributed by atoms with E-state index in [1.54, 1.807) is 0 Å².